The van der Waals surface area contributed by atoms with Gasteiger partial charge in [-0.2, -0.15) is 0 Å². The van der Waals surface area contributed by atoms with E-state index in [0.29, 0.717) is 12.3 Å². The third-order valence-corrected chi connectivity index (χ3v) is 2.26. The largest absolute Gasteiger partial charge is 0.382 e. The molecular formula is C7H13ClN2O2. The van der Waals surface area contributed by atoms with Crippen LogP contribution in [-0.2, 0) is 4.79 Å². The van der Waals surface area contributed by atoms with Crippen molar-refractivity contribution in [1.82, 2.24) is 4.84 Å². The van der Waals surface area contributed by atoms with Gasteiger partial charge in [-0.25, -0.2) is 0 Å². The molecule has 4 N–H and O–H groups in total. The van der Waals surface area contributed by atoms with Gasteiger partial charge in [0.25, 0.3) is 5.91 Å². The molecule has 0 spiro atoms. The van der Waals surface area contributed by atoms with Gasteiger partial charge in [-0.3, -0.25) is 9.63 Å². The summed E-state index contributed by atoms with van der Waals surface area (Å²) in [6, 6.07) is -0.490. The van der Waals surface area contributed by atoms with Crippen molar-refractivity contribution in [3.63, 3.8) is 0 Å². The minimum atomic E-state index is -1.18. The Balaban J connectivity index is 2.28. The van der Waals surface area contributed by atoms with Gasteiger partial charge in [0.05, 0.1) is 0 Å². The Hall–Kier alpha value is -0.320. The molecule has 4 nitrogen and oxygen atoms in total. The molecule has 12 heavy (non-hydrogen) atoms. The summed E-state index contributed by atoms with van der Waals surface area (Å²) in [6.07, 6.45) is 1.83. The van der Waals surface area contributed by atoms with E-state index in [-0.39, 0.29) is 0 Å². The molecule has 0 aromatic carbocycles. The van der Waals surface area contributed by atoms with Crippen molar-refractivity contribution in [2.24, 2.45) is 11.7 Å². The van der Waals surface area contributed by atoms with Crippen molar-refractivity contribution in [2.75, 3.05) is 0 Å². The standard InChI is InChI=1S/C7H13ClN2O2/c8-10-7(12)6(11)5(9)3-4-1-2-4/h4-6,11H,1-3,9H2,(H,10,12). The molecule has 70 valence electrons. The summed E-state index contributed by atoms with van der Waals surface area (Å²) >= 11 is 5.03. The van der Waals surface area contributed by atoms with Crippen LogP contribution in [0.2, 0.25) is 0 Å². The fraction of sp³-hybridized carbons (Fsp3) is 0.857. The molecular weight excluding hydrogens is 180 g/mol. The third kappa shape index (κ3) is 2.62. The molecule has 0 saturated heterocycles. The van der Waals surface area contributed by atoms with Crippen LogP contribution in [0.4, 0.5) is 0 Å². The summed E-state index contributed by atoms with van der Waals surface area (Å²) < 4.78 is 0. The molecule has 1 amide bonds. The van der Waals surface area contributed by atoms with E-state index < -0.39 is 18.1 Å². The molecule has 2 atom stereocenters. The van der Waals surface area contributed by atoms with Crippen LogP contribution in [0.3, 0.4) is 0 Å². The molecule has 0 aromatic rings. The molecule has 5 heteroatoms. The second-order valence-electron chi connectivity index (χ2n) is 3.25. The summed E-state index contributed by atoms with van der Waals surface area (Å²) in [5.74, 6) is -0.0254. The highest BCUT2D eigenvalue weighted by Gasteiger charge is 2.29. The van der Waals surface area contributed by atoms with E-state index in [9.17, 15) is 9.90 Å². The quantitative estimate of drug-likeness (QED) is 0.538. The van der Waals surface area contributed by atoms with E-state index >= 15 is 0 Å². The van der Waals surface area contributed by atoms with Crippen LogP contribution < -0.4 is 10.6 Å². The molecule has 2 unspecified atom stereocenters. The number of aliphatic hydroxyl groups is 1. The molecule has 0 heterocycles. The van der Waals surface area contributed by atoms with Crippen molar-refractivity contribution in [2.45, 2.75) is 31.4 Å². The first-order chi connectivity index (χ1) is 5.65. The summed E-state index contributed by atoms with van der Waals surface area (Å²) in [7, 11) is 0. The molecule has 0 radical (unpaired) electrons. The van der Waals surface area contributed by atoms with Gasteiger partial charge in [0, 0.05) is 17.8 Å². The predicted molar refractivity (Wildman–Crippen MR) is 45.3 cm³/mol. The van der Waals surface area contributed by atoms with E-state index in [1.165, 1.54) is 0 Å². The Morgan fingerprint density at radius 2 is 2.33 bits per heavy atom. The summed E-state index contributed by atoms with van der Waals surface area (Å²) in [5.41, 5.74) is 5.57. The number of amides is 1. The van der Waals surface area contributed by atoms with Crippen molar-refractivity contribution in [1.29, 1.82) is 0 Å². The lowest BCUT2D eigenvalue weighted by Gasteiger charge is -2.15. The van der Waals surface area contributed by atoms with Crippen molar-refractivity contribution < 1.29 is 9.90 Å². The zero-order chi connectivity index (χ0) is 9.14. The fourth-order valence-corrected chi connectivity index (χ4v) is 1.23. The molecule has 1 saturated carbocycles. The third-order valence-electron chi connectivity index (χ3n) is 2.07. The average Bonchev–Trinajstić information content (AvgIpc) is 2.85. The van der Waals surface area contributed by atoms with Gasteiger partial charge in [-0.1, -0.05) is 12.8 Å². The Bertz CT molecular complexity index is 173. The number of hydrogen-bond acceptors (Lipinski definition) is 3. The first-order valence-electron chi connectivity index (χ1n) is 3.99. The van der Waals surface area contributed by atoms with Crippen molar-refractivity contribution in [3.8, 4) is 0 Å². The normalized spacial score (nSPS) is 21.6. The first-order valence-corrected chi connectivity index (χ1v) is 4.37. The maximum atomic E-state index is 10.8. The van der Waals surface area contributed by atoms with E-state index in [1.807, 2.05) is 4.84 Å². The number of rotatable bonds is 4. The summed E-state index contributed by atoms with van der Waals surface area (Å²) in [5, 5.41) is 9.24. The van der Waals surface area contributed by atoms with E-state index in [2.05, 4.69) is 0 Å². The minimum Gasteiger partial charge on any atom is -0.382 e. The van der Waals surface area contributed by atoms with Gasteiger partial charge < -0.3 is 10.8 Å². The van der Waals surface area contributed by atoms with Gasteiger partial charge in [0.15, 0.2) is 0 Å². The smallest absolute Gasteiger partial charge is 0.264 e. The van der Waals surface area contributed by atoms with Crippen LogP contribution in [0, 0.1) is 5.92 Å². The predicted octanol–water partition coefficient (Wildman–Crippen LogP) is -0.255. The summed E-state index contributed by atoms with van der Waals surface area (Å²) in [4.78, 5) is 12.6. The Morgan fingerprint density at radius 1 is 1.75 bits per heavy atom. The number of aliphatic hydroxyl groups excluding tert-OH is 1. The summed E-state index contributed by atoms with van der Waals surface area (Å²) in [6.45, 7) is 0. The number of nitrogens with two attached hydrogens (primary N) is 1. The highest BCUT2D eigenvalue weighted by Crippen LogP contribution is 2.33. The van der Waals surface area contributed by atoms with Gasteiger partial charge in [-0.15, -0.1) is 0 Å². The maximum absolute atomic E-state index is 10.8. The van der Waals surface area contributed by atoms with Crippen LogP contribution in [0.1, 0.15) is 19.3 Å². The van der Waals surface area contributed by atoms with Gasteiger partial charge in [-0.05, 0) is 12.3 Å². The number of carbonyl (C=O) groups excluding carboxylic acids is 1. The molecule has 1 rings (SSSR count). The molecule has 1 aliphatic rings. The van der Waals surface area contributed by atoms with Gasteiger partial charge in [0.2, 0.25) is 0 Å². The molecule has 0 aliphatic heterocycles. The maximum Gasteiger partial charge on any atom is 0.264 e. The van der Waals surface area contributed by atoms with Crippen LogP contribution in [0.25, 0.3) is 0 Å². The number of hydrogen-bond donors (Lipinski definition) is 3. The highest BCUT2D eigenvalue weighted by molar-refractivity contribution is 6.22. The molecule has 1 fully saturated rings. The van der Waals surface area contributed by atoms with E-state index in [4.69, 9.17) is 17.5 Å². The minimum absolute atomic E-state index is 0.490. The monoisotopic (exact) mass is 192 g/mol. The Labute approximate surface area is 76.2 Å². The van der Waals surface area contributed by atoms with Crippen molar-refractivity contribution in [3.05, 3.63) is 0 Å². The Morgan fingerprint density at radius 3 is 2.75 bits per heavy atom. The average molecular weight is 193 g/mol. The molecule has 0 bridgehead atoms. The van der Waals surface area contributed by atoms with Crippen LogP contribution in [0.15, 0.2) is 0 Å². The van der Waals surface area contributed by atoms with Crippen LogP contribution in [-0.4, -0.2) is 23.2 Å². The zero-order valence-electron chi connectivity index (χ0n) is 6.66. The first kappa shape index (κ1) is 9.77. The fourth-order valence-electron chi connectivity index (χ4n) is 1.12. The van der Waals surface area contributed by atoms with E-state index in [1.54, 1.807) is 0 Å². The lowest BCUT2D eigenvalue weighted by atomic mass is 10.1. The van der Waals surface area contributed by atoms with Crippen LogP contribution >= 0.6 is 11.8 Å². The van der Waals surface area contributed by atoms with Crippen molar-refractivity contribution >= 4 is 17.7 Å². The molecule has 0 aromatic heterocycles. The number of carbonyl (C=O) groups is 1. The second-order valence-corrected chi connectivity index (χ2v) is 3.44. The SMILES string of the molecule is NC(CC1CC1)C(O)C(=O)NCl. The molecule has 1 aliphatic carbocycles. The number of nitrogens with one attached hydrogen (secondary N) is 1. The number of halogens is 1. The van der Waals surface area contributed by atoms with Crippen LogP contribution in [0.5, 0.6) is 0 Å². The second kappa shape index (κ2) is 4.07. The topological polar surface area (TPSA) is 75.3 Å². The Kier molecular flexibility index (Phi) is 3.31. The van der Waals surface area contributed by atoms with Gasteiger partial charge in [0.1, 0.15) is 6.10 Å². The lowest BCUT2D eigenvalue weighted by molar-refractivity contribution is -0.128. The zero-order valence-corrected chi connectivity index (χ0v) is 7.42. The highest BCUT2D eigenvalue weighted by atomic mass is 35.5. The van der Waals surface area contributed by atoms with Gasteiger partial charge >= 0.3 is 0 Å². The lowest BCUT2D eigenvalue weighted by Crippen LogP contribution is -2.44. The van der Waals surface area contributed by atoms with E-state index in [0.717, 1.165) is 12.8 Å².